The van der Waals surface area contributed by atoms with E-state index in [1.54, 1.807) is 37.4 Å². The molecule has 0 aliphatic heterocycles. The minimum absolute atomic E-state index is 0.201. The number of amides is 1. The average Bonchev–Trinajstić information content (AvgIpc) is 2.71. The highest BCUT2D eigenvalue weighted by Gasteiger charge is 2.07. The molecule has 0 spiro atoms. The molecule has 0 radical (unpaired) electrons. The Morgan fingerprint density at radius 1 is 1.07 bits per heavy atom. The minimum atomic E-state index is -0.361. The maximum atomic E-state index is 13.6. The number of methoxy groups -OCH3 is 1. The summed E-state index contributed by atoms with van der Waals surface area (Å²) in [6.45, 7) is 0.514. The fraction of sp³-hybridized carbons (Fsp3) is 0.143. The van der Waals surface area contributed by atoms with Crippen LogP contribution in [-0.4, -0.2) is 24.5 Å². The summed E-state index contributed by atoms with van der Waals surface area (Å²) in [5, 5.41) is 5.75. The van der Waals surface area contributed by atoms with Crippen molar-refractivity contribution >= 4 is 17.4 Å². The van der Waals surface area contributed by atoms with Crippen molar-refractivity contribution in [1.29, 1.82) is 0 Å². The van der Waals surface area contributed by atoms with Crippen LogP contribution >= 0.6 is 0 Å². The van der Waals surface area contributed by atoms with E-state index in [0.717, 1.165) is 17.7 Å². The molecular weight excluding hydrogens is 345 g/mol. The number of carbonyl (C=O) groups is 1. The molecule has 0 saturated heterocycles. The number of aromatic nitrogens is 1. The second-order valence-electron chi connectivity index (χ2n) is 5.89. The van der Waals surface area contributed by atoms with E-state index in [0.29, 0.717) is 23.6 Å². The number of hydrogen-bond donors (Lipinski definition) is 2. The first-order chi connectivity index (χ1) is 13.2. The van der Waals surface area contributed by atoms with E-state index in [-0.39, 0.29) is 11.7 Å². The number of carbonyl (C=O) groups excluding carboxylic acids is 1. The standard InChI is InChI=1S/C21H20FN3O2/c1-27-17-9-6-15(7-10-17)12-13-23-21(26)16-8-11-20(24-14-16)25-19-5-3-2-4-18(19)22/h2-11,14H,12-13H2,1H3,(H,23,26)(H,24,25). The summed E-state index contributed by atoms with van der Waals surface area (Å²) in [7, 11) is 1.63. The van der Waals surface area contributed by atoms with Crippen LogP contribution in [-0.2, 0) is 6.42 Å². The zero-order chi connectivity index (χ0) is 19.1. The van der Waals surface area contributed by atoms with Gasteiger partial charge in [-0.2, -0.15) is 0 Å². The lowest BCUT2D eigenvalue weighted by atomic mass is 10.1. The van der Waals surface area contributed by atoms with Crippen molar-refractivity contribution in [2.45, 2.75) is 6.42 Å². The fourth-order valence-electron chi connectivity index (χ4n) is 2.52. The van der Waals surface area contributed by atoms with E-state index in [4.69, 9.17) is 4.74 Å². The molecule has 1 amide bonds. The Kier molecular flexibility index (Phi) is 5.99. The average molecular weight is 365 g/mol. The van der Waals surface area contributed by atoms with Crippen molar-refractivity contribution in [3.05, 3.63) is 83.8 Å². The maximum Gasteiger partial charge on any atom is 0.252 e. The molecule has 5 nitrogen and oxygen atoms in total. The van der Waals surface area contributed by atoms with Crippen molar-refractivity contribution < 1.29 is 13.9 Å². The smallest absolute Gasteiger partial charge is 0.252 e. The second kappa shape index (κ2) is 8.80. The summed E-state index contributed by atoms with van der Waals surface area (Å²) in [5.41, 5.74) is 1.89. The summed E-state index contributed by atoms with van der Waals surface area (Å²) in [6, 6.07) is 17.4. The SMILES string of the molecule is COc1ccc(CCNC(=O)c2ccc(Nc3ccccc3F)nc2)cc1. The number of ether oxygens (including phenoxy) is 1. The molecule has 0 unspecified atom stereocenters. The van der Waals surface area contributed by atoms with Crippen molar-refractivity contribution in [3.63, 3.8) is 0 Å². The Bertz CT molecular complexity index is 896. The summed E-state index contributed by atoms with van der Waals surface area (Å²) in [6.07, 6.45) is 2.18. The van der Waals surface area contributed by atoms with E-state index in [1.807, 2.05) is 24.3 Å². The van der Waals surface area contributed by atoms with Gasteiger partial charge in [0.1, 0.15) is 17.4 Å². The third-order valence-electron chi connectivity index (χ3n) is 4.02. The Balaban J connectivity index is 1.52. The third kappa shape index (κ3) is 5.04. The van der Waals surface area contributed by atoms with Crippen LogP contribution in [0.3, 0.4) is 0 Å². The van der Waals surface area contributed by atoms with E-state index in [2.05, 4.69) is 15.6 Å². The van der Waals surface area contributed by atoms with Crippen LogP contribution in [0.2, 0.25) is 0 Å². The molecule has 0 aliphatic rings. The molecule has 2 aromatic carbocycles. The van der Waals surface area contributed by atoms with Crippen LogP contribution in [0, 0.1) is 5.82 Å². The van der Waals surface area contributed by atoms with Crippen LogP contribution in [0.15, 0.2) is 66.9 Å². The second-order valence-corrected chi connectivity index (χ2v) is 5.89. The molecule has 138 valence electrons. The Morgan fingerprint density at radius 3 is 2.52 bits per heavy atom. The molecule has 3 aromatic rings. The molecule has 3 rings (SSSR count). The van der Waals surface area contributed by atoms with Crippen LogP contribution < -0.4 is 15.4 Å². The molecular formula is C21H20FN3O2. The monoisotopic (exact) mass is 365 g/mol. The lowest BCUT2D eigenvalue weighted by Gasteiger charge is -2.08. The van der Waals surface area contributed by atoms with Crippen molar-refractivity contribution in [3.8, 4) is 5.75 Å². The number of anilines is 2. The van der Waals surface area contributed by atoms with E-state index in [9.17, 15) is 9.18 Å². The molecule has 6 heteroatoms. The first-order valence-corrected chi connectivity index (χ1v) is 8.54. The van der Waals surface area contributed by atoms with Gasteiger partial charge in [-0.15, -0.1) is 0 Å². The van der Waals surface area contributed by atoms with Gasteiger partial charge in [-0.25, -0.2) is 9.37 Å². The van der Waals surface area contributed by atoms with Gasteiger partial charge in [0.15, 0.2) is 0 Å². The highest BCUT2D eigenvalue weighted by atomic mass is 19.1. The fourth-order valence-corrected chi connectivity index (χ4v) is 2.52. The van der Waals surface area contributed by atoms with Gasteiger partial charge in [0.2, 0.25) is 0 Å². The molecule has 1 heterocycles. The number of nitrogens with zero attached hydrogens (tertiary/aromatic N) is 1. The predicted octanol–water partition coefficient (Wildman–Crippen LogP) is 3.95. The van der Waals surface area contributed by atoms with Crippen molar-refractivity contribution in [2.24, 2.45) is 0 Å². The van der Waals surface area contributed by atoms with Gasteiger partial charge < -0.3 is 15.4 Å². The molecule has 1 aromatic heterocycles. The Hall–Kier alpha value is -3.41. The lowest BCUT2D eigenvalue weighted by Crippen LogP contribution is -2.25. The first kappa shape index (κ1) is 18.4. The number of halogens is 1. The van der Waals surface area contributed by atoms with E-state index < -0.39 is 0 Å². The van der Waals surface area contributed by atoms with E-state index in [1.165, 1.54) is 12.3 Å². The van der Waals surface area contributed by atoms with Crippen LogP contribution in [0.4, 0.5) is 15.9 Å². The summed E-state index contributed by atoms with van der Waals surface area (Å²) in [5.74, 6) is 0.709. The molecule has 2 N–H and O–H groups in total. The van der Waals surface area contributed by atoms with Crippen molar-refractivity contribution in [2.75, 3.05) is 19.0 Å². The quantitative estimate of drug-likeness (QED) is 0.666. The highest BCUT2D eigenvalue weighted by molar-refractivity contribution is 5.94. The van der Waals surface area contributed by atoms with Crippen LogP contribution in [0.5, 0.6) is 5.75 Å². The molecule has 0 atom stereocenters. The zero-order valence-corrected chi connectivity index (χ0v) is 14.9. The topological polar surface area (TPSA) is 63.2 Å². The predicted molar refractivity (Wildman–Crippen MR) is 103 cm³/mol. The third-order valence-corrected chi connectivity index (χ3v) is 4.02. The van der Waals surface area contributed by atoms with Crippen molar-refractivity contribution in [1.82, 2.24) is 10.3 Å². The van der Waals surface area contributed by atoms with Gasteiger partial charge in [0.05, 0.1) is 18.4 Å². The van der Waals surface area contributed by atoms with Crippen LogP contribution in [0.1, 0.15) is 15.9 Å². The number of rotatable bonds is 7. The Morgan fingerprint density at radius 2 is 1.85 bits per heavy atom. The highest BCUT2D eigenvalue weighted by Crippen LogP contribution is 2.18. The molecule has 0 fully saturated rings. The molecule has 0 saturated carbocycles. The summed E-state index contributed by atoms with van der Waals surface area (Å²) < 4.78 is 18.8. The van der Waals surface area contributed by atoms with Gasteiger partial charge in [0.25, 0.3) is 5.91 Å². The zero-order valence-electron chi connectivity index (χ0n) is 14.9. The van der Waals surface area contributed by atoms with E-state index >= 15 is 0 Å². The maximum absolute atomic E-state index is 13.6. The molecule has 27 heavy (non-hydrogen) atoms. The largest absolute Gasteiger partial charge is 0.497 e. The van der Waals surface area contributed by atoms with Gasteiger partial charge in [0, 0.05) is 12.7 Å². The number of benzene rings is 2. The first-order valence-electron chi connectivity index (χ1n) is 8.54. The number of hydrogen-bond acceptors (Lipinski definition) is 4. The summed E-state index contributed by atoms with van der Waals surface area (Å²) in [4.78, 5) is 16.4. The summed E-state index contributed by atoms with van der Waals surface area (Å²) >= 11 is 0. The lowest BCUT2D eigenvalue weighted by molar-refractivity contribution is 0.0954. The van der Waals surface area contributed by atoms with Gasteiger partial charge >= 0.3 is 0 Å². The number of para-hydroxylation sites is 1. The minimum Gasteiger partial charge on any atom is -0.497 e. The number of nitrogens with one attached hydrogen (secondary N) is 2. The van der Waals surface area contributed by atoms with Gasteiger partial charge in [-0.3, -0.25) is 4.79 Å². The number of pyridine rings is 1. The normalized spacial score (nSPS) is 10.3. The van der Waals surface area contributed by atoms with Gasteiger partial charge in [-0.05, 0) is 48.4 Å². The molecule has 0 bridgehead atoms. The van der Waals surface area contributed by atoms with Gasteiger partial charge in [-0.1, -0.05) is 24.3 Å². The molecule has 0 aliphatic carbocycles. The Labute approximate surface area is 157 Å². The van der Waals surface area contributed by atoms with Crippen LogP contribution in [0.25, 0.3) is 0 Å².